The van der Waals surface area contributed by atoms with Crippen LogP contribution in [0, 0.1) is 11.8 Å². The minimum absolute atomic E-state index is 0.0448. The van der Waals surface area contributed by atoms with Gasteiger partial charge in [0.25, 0.3) is 10.0 Å². The van der Waals surface area contributed by atoms with Crippen LogP contribution in [0.25, 0.3) is 4.83 Å². The molecule has 10 heteroatoms. The van der Waals surface area contributed by atoms with Gasteiger partial charge in [0.05, 0.1) is 10.7 Å². The second-order valence-corrected chi connectivity index (χ2v) is 8.98. The Morgan fingerprint density at radius 3 is 2.73 bits per heavy atom. The highest BCUT2D eigenvalue weighted by atomic mass is 35.5. The van der Waals surface area contributed by atoms with E-state index in [9.17, 15) is 13.2 Å². The van der Waals surface area contributed by atoms with Gasteiger partial charge < -0.3 is 5.11 Å². The van der Waals surface area contributed by atoms with Crippen molar-refractivity contribution in [3.63, 3.8) is 0 Å². The van der Waals surface area contributed by atoms with Crippen LogP contribution in [0.5, 0.6) is 0 Å². The zero-order valence-corrected chi connectivity index (χ0v) is 17.4. The van der Waals surface area contributed by atoms with Crippen molar-refractivity contribution in [3.8, 4) is 11.8 Å². The topological polar surface area (TPSA) is 101 Å². The number of para-hydroxylation sites is 1. The summed E-state index contributed by atoms with van der Waals surface area (Å²) < 4.78 is 30.1. The molecule has 4 rings (SSSR count). The van der Waals surface area contributed by atoms with E-state index >= 15 is 0 Å². The van der Waals surface area contributed by atoms with Gasteiger partial charge >= 0.3 is 5.97 Å². The van der Waals surface area contributed by atoms with Crippen LogP contribution in [0.1, 0.15) is 21.6 Å². The molecular formula is C20H12ClN3O4S2. The summed E-state index contributed by atoms with van der Waals surface area (Å²) >= 11 is 7.54. The summed E-state index contributed by atoms with van der Waals surface area (Å²) in [5.74, 6) is 4.62. The normalized spacial score (nSPS) is 11.1. The number of pyridine rings is 1. The van der Waals surface area contributed by atoms with Gasteiger partial charge in [0.15, 0.2) is 5.03 Å². The summed E-state index contributed by atoms with van der Waals surface area (Å²) in [7, 11) is -3.98. The number of nitrogens with zero attached hydrogens (tertiary/aromatic N) is 2. The first-order chi connectivity index (χ1) is 14.3. The minimum Gasteiger partial charge on any atom is -0.477 e. The van der Waals surface area contributed by atoms with Crippen molar-refractivity contribution in [1.29, 1.82) is 0 Å². The zero-order chi connectivity index (χ0) is 21.3. The predicted molar refractivity (Wildman–Crippen MR) is 115 cm³/mol. The Hall–Kier alpha value is -3.32. The Labute approximate surface area is 180 Å². The molecule has 150 valence electrons. The van der Waals surface area contributed by atoms with Crippen molar-refractivity contribution >= 4 is 49.4 Å². The fourth-order valence-corrected chi connectivity index (χ4v) is 5.41. The molecule has 0 bridgehead atoms. The van der Waals surface area contributed by atoms with Crippen LogP contribution in [-0.2, 0) is 10.0 Å². The maximum absolute atomic E-state index is 13.0. The molecule has 2 N–H and O–H groups in total. The summed E-state index contributed by atoms with van der Waals surface area (Å²) in [4.78, 5) is 15.4. The molecule has 0 saturated heterocycles. The fourth-order valence-electron chi connectivity index (χ4n) is 2.71. The molecule has 0 saturated carbocycles. The third-order valence-electron chi connectivity index (χ3n) is 4.06. The molecular weight excluding hydrogens is 446 g/mol. The molecule has 0 aliphatic rings. The van der Waals surface area contributed by atoms with Gasteiger partial charge in [-0.05, 0) is 30.3 Å². The number of anilines is 1. The van der Waals surface area contributed by atoms with E-state index in [1.165, 1.54) is 34.1 Å². The largest absolute Gasteiger partial charge is 0.477 e. The Morgan fingerprint density at radius 1 is 1.20 bits per heavy atom. The van der Waals surface area contributed by atoms with Crippen molar-refractivity contribution in [1.82, 2.24) is 9.38 Å². The van der Waals surface area contributed by atoms with Gasteiger partial charge in [0, 0.05) is 28.9 Å². The van der Waals surface area contributed by atoms with E-state index in [-0.39, 0.29) is 15.7 Å². The number of aromatic carboxylic acids is 1. The van der Waals surface area contributed by atoms with E-state index in [0.29, 0.717) is 21.6 Å². The van der Waals surface area contributed by atoms with Gasteiger partial charge in [-0.1, -0.05) is 35.6 Å². The van der Waals surface area contributed by atoms with Crippen molar-refractivity contribution in [2.75, 3.05) is 4.72 Å². The van der Waals surface area contributed by atoms with Crippen LogP contribution in [-0.4, -0.2) is 28.9 Å². The number of halogens is 1. The van der Waals surface area contributed by atoms with E-state index in [1.807, 2.05) is 0 Å². The minimum atomic E-state index is -3.98. The molecule has 30 heavy (non-hydrogen) atoms. The fraction of sp³-hybridized carbons (Fsp3) is 0. The number of nitrogens with one attached hydrogen (secondary N) is 1. The molecule has 1 aromatic carbocycles. The standard InChI is InChI=1S/C20H12ClN3O4S2/c21-15-11-18-24(9-10-29-18)19(15)30(27,28)23-16-4-2-1-3-14(16)7-5-13-6-8-17(20(25)26)22-12-13/h1-4,6,8-12,23H,(H,25,26). The maximum Gasteiger partial charge on any atom is 0.354 e. The molecule has 7 nitrogen and oxygen atoms in total. The van der Waals surface area contributed by atoms with Crippen molar-refractivity contribution < 1.29 is 18.3 Å². The molecule has 3 heterocycles. The first-order valence-corrected chi connectivity index (χ1v) is 11.2. The van der Waals surface area contributed by atoms with Gasteiger partial charge in [-0.2, -0.15) is 8.42 Å². The average Bonchev–Trinajstić information content (AvgIpc) is 3.27. The molecule has 3 aromatic heterocycles. The molecule has 0 aliphatic heterocycles. The highest BCUT2D eigenvalue weighted by molar-refractivity contribution is 7.92. The smallest absolute Gasteiger partial charge is 0.354 e. The molecule has 4 aromatic rings. The first kappa shape index (κ1) is 20.0. The van der Waals surface area contributed by atoms with Crippen molar-refractivity contribution in [2.24, 2.45) is 0 Å². The summed E-state index contributed by atoms with van der Waals surface area (Å²) in [5.41, 5.74) is 1.14. The molecule has 0 atom stereocenters. The van der Waals surface area contributed by atoms with Crippen LogP contribution in [0.2, 0.25) is 5.02 Å². The zero-order valence-electron chi connectivity index (χ0n) is 15.0. The number of carboxylic acids is 1. The second-order valence-electron chi connectivity index (χ2n) is 6.05. The monoisotopic (exact) mass is 457 g/mol. The van der Waals surface area contributed by atoms with E-state index in [1.54, 1.807) is 41.9 Å². The second kappa shape index (κ2) is 7.84. The highest BCUT2D eigenvalue weighted by Gasteiger charge is 2.24. The summed E-state index contributed by atoms with van der Waals surface area (Å²) in [5, 5.41) is 10.8. The number of carboxylic acid groups (broad SMARTS) is 1. The van der Waals surface area contributed by atoms with Gasteiger partial charge in [-0.25, -0.2) is 9.78 Å². The SMILES string of the molecule is O=C(O)c1ccc(C#Cc2ccccc2NS(=O)(=O)c2c(Cl)cc3sccn23)cn1. The van der Waals surface area contributed by atoms with Gasteiger partial charge in [0.2, 0.25) is 0 Å². The number of benzene rings is 1. The van der Waals surface area contributed by atoms with Crippen molar-refractivity contribution in [3.05, 3.63) is 82.1 Å². The first-order valence-electron chi connectivity index (χ1n) is 8.42. The lowest BCUT2D eigenvalue weighted by atomic mass is 10.1. The highest BCUT2D eigenvalue weighted by Crippen LogP contribution is 2.30. The number of hydrogen-bond donors (Lipinski definition) is 2. The summed E-state index contributed by atoms with van der Waals surface area (Å²) in [6.45, 7) is 0. The lowest BCUT2D eigenvalue weighted by molar-refractivity contribution is 0.0690. The number of rotatable bonds is 4. The van der Waals surface area contributed by atoms with E-state index in [0.717, 1.165) is 0 Å². The van der Waals surface area contributed by atoms with Crippen LogP contribution in [0.4, 0.5) is 5.69 Å². The number of fused-ring (bicyclic) bond motifs is 1. The van der Waals surface area contributed by atoms with Crippen LogP contribution < -0.4 is 4.72 Å². The quantitative estimate of drug-likeness (QED) is 0.452. The summed E-state index contributed by atoms with van der Waals surface area (Å²) in [6, 6.07) is 11.2. The molecule has 0 amide bonds. The van der Waals surface area contributed by atoms with Crippen LogP contribution >= 0.6 is 22.9 Å². The predicted octanol–water partition coefficient (Wildman–Crippen LogP) is 3.95. The maximum atomic E-state index is 13.0. The van der Waals surface area contributed by atoms with Gasteiger partial charge in [-0.3, -0.25) is 9.12 Å². The molecule has 0 aliphatic carbocycles. The van der Waals surface area contributed by atoms with Crippen molar-refractivity contribution in [2.45, 2.75) is 5.03 Å². The lowest BCUT2D eigenvalue weighted by Crippen LogP contribution is -2.16. The third kappa shape index (κ3) is 3.89. The third-order valence-corrected chi connectivity index (χ3v) is 6.69. The Kier molecular flexibility index (Phi) is 5.22. The Bertz CT molecular complexity index is 1430. The van der Waals surface area contributed by atoms with Gasteiger partial charge in [-0.15, -0.1) is 11.3 Å². The average molecular weight is 458 g/mol. The summed E-state index contributed by atoms with van der Waals surface area (Å²) in [6.07, 6.45) is 2.98. The number of carbonyl (C=O) groups is 1. The number of thiazole rings is 1. The molecule has 0 spiro atoms. The van der Waals surface area contributed by atoms with Crippen LogP contribution in [0.15, 0.2) is 65.3 Å². The number of hydrogen-bond acceptors (Lipinski definition) is 5. The van der Waals surface area contributed by atoms with E-state index < -0.39 is 16.0 Å². The molecule has 0 fully saturated rings. The van der Waals surface area contributed by atoms with E-state index in [4.69, 9.17) is 16.7 Å². The van der Waals surface area contributed by atoms with Crippen LogP contribution in [0.3, 0.4) is 0 Å². The Morgan fingerprint density at radius 2 is 2.00 bits per heavy atom. The number of aromatic nitrogens is 2. The lowest BCUT2D eigenvalue weighted by Gasteiger charge is -2.10. The Balaban J connectivity index is 1.67. The number of sulfonamides is 1. The van der Waals surface area contributed by atoms with E-state index in [2.05, 4.69) is 21.5 Å². The van der Waals surface area contributed by atoms with Gasteiger partial charge in [0.1, 0.15) is 10.5 Å². The molecule has 0 unspecified atom stereocenters. The molecule has 0 radical (unpaired) electrons.